The van der Waals surface area contributed by atoms with Crippen molar-refractivity contribution in [1.82, 2.24) is 9.88 Å². The van der Waals surface area contributed by atoms with Gasteiger partial charge < -0.3 is 20.6 Å². The Kier molecular flexibility index (Phi) is 4.34. The highest BCUT2D eigenvalue weighted by Gasteiger charge is 2.31. The zero-order valence-corrected chi connectivity index (χ0v) is 12.1. The Bertz CT molecular complexity index is 448. The van der Waals surface area contributed by atoms with Gasteiger partial charge in [0.2, 0.25) is 0 Å². The van der Waals surface area contributed by atoms with E-state index in [1.54, 1.807) is 6.20 Å². The van der Waals surface area contributed by atoms with Crippen molar-refractivity contribution >= 4 is 23.0 Å². The van der Waals surface area contributed by atoms with E-state index in [9.17, 15) is 5.11 Å². The van der Waals surface area contributed by atoms with Gasteiger partial charge in [-0.2, -0.15) is 0 Å². The number of rotatable bonds is 4. The maximum absolute atomic E-state index is 9.86. The summed E-state index contributed by atoms with van der Waals surface area (Å²) in [4.78, 5) is 9.03. The van der Waals surface area contributed by atoms with Crippen LogP contribution >= 0.6 is 12.2 Å². The van der Waals surface area contributed by atoms with Gasteiger partial charge in [0.05, 0.1) is 6.10 Å². The van der Waals surface area contributed by atoms with Crippen LogP contribution in [-0.4, -0.2) is 59.3 Å². The SMILES string of the molecule is CN(C)CC1CC(O)CN1c1ccc(C(N)=S)cn1. The highest BCUT2D eigenvalue weighted by atomic mass is 32.1. The Labute approximate surface area is 119 Å². The van der Waals surface area contributed by atoms with Gasteiger partial charge in [0.15, 0.2) is 0 Å². The summed E-state index contributed by atoms with van der Waals surface area (Å²) in [5.41, 5.74) is 6.33. The van der Waals surface area contributed by atoms with Gasteiger partial charge in [-0.1, -0.05) is 12.2 Å². The van der Waals surface area contributed by atoms with Gasteiger partial charge in [0.1, 0.15) is 10.8 Å². The van der Waals surface area contributed by atoms with Gasteiger partial charge in [0.25, 0.3) is 0 Å². The summed E-state index contributed by atoms with van der Waals surface area (Å²) in [6.45, 7) is 1.52. The summed E-state index contributed by atoms with van der Waals surface area (Å²) < 4.78 is 0. The van der Waals surface area contributed by atoms with E-state index in [1.807, 2.05) is 26.2 Å². The van der Waals surface area contributed by atoms with Gasteiger partial charge in [-0.15, -0.1) is 0 Å². The molecule has 5 nitrogen and oxygen atoms in total. The van der Waals surface area contributed by atoms with E-state index in [2.05, 4.69) is 14.8 Å². The molecule has 2 unspecified atom stereocenters. The van der Waals surface area contributed by atoms with Crippen LogP contribution in [-0.2, 0) is 0 Å². The second-order valence-electron chi connectivity index (χ2n) is 5.23. The first-order valence-electron chi connectivity index (χ1n) is 6.32. The summed E-state index contributed by atoms with van der Waals surface area (Å²) in [5, 5.41) is 9.86. The molecule has 0 amide bonds. The van der Waals surface area contributed by atoms with E-state index < -0.39 is 0 Å². The van der Waals surface area contributed by atoms with Crippen molar-refractivity contribution in [3.63, 3.8) is 0 Å². The van der Waals surface area contributed by atoms with E-state index >= 15 is 0 Å². The van der Waals surface area contributed by atoms with Gasteiger partial charge in [-0.3, -0.25) is 0 Å². The van der Waals surface area contributed by atoms with Crippen LogP contribution in [0.15, 0.2) is 18.3 Å². The summed E-state index contributed by atoms with van der Waals surface area (Å²) >= 11 is 4.92. The molecular formula is C13H20N4OS. The van der Waals surface area contributed by atoms with Crippen molar-refractivity contribution in [3.05, 3.63) is 23.9 Å². The number of aliphatic hydroxyl groups is 1. The average molecular weight is 280 g/mol. The topological polar surface area (TPSA) is 65.6 Å². The van der Waals surface area contributed by atoms with Crippen molar-refractivity contribution in [2.24, 2.45) is 5.73 Å². The molecule has 0 radical (unpaired) electrons. The van der Waals surface area contributed by atoms with Crippen LogP contribution in [0.25, 0.3) is 0 Å². The molecule has 104 valence electrons. The maximum Gasteiger partial charge on any atom is 0.128 e. The van der Waals surface area contributed by atoms with E-state index in [-0.39, 0.29) is 12.1 Å². The molecule has 2 rings (SSSR count). The standard InChI is InChI=1S/C13H20N4OS/c1-16(2)7-10-5-11(18)8-17(10)12-4-3-9(6-15-12)13(14)19/h3-4,6,10-11,18H,5,7-8H2,1-2H3,(H2,14,19). The lowest BCUT2D eigenvalue weighted by molar-refractivity contribution is 0.191. The molecule has 1 aliphatic heterocycles. The largest absolute Gasteiger partial charge is 0.391 e. The number of β-amino-alcohol motifs (C(OH)–C–C–N with tert-alkyl or cyclic N) is 1. The highest BCUT2D eigenvalue weighted by molar-refractivity contribution is 7.80. The molecule has 1 aromatic heterocycles. The first-order valence-corrected chi connectivity index (χ1v) is 6.73. The lowest BCUT2D eigenvalue weighted by Crippen LogP contribution is -2.38. The molecule has 19 heavy (non-hydrogen) atoms. The fourth-order valence-electron chi connectivity index (χ4n) is 2.47. The molecule has 1 saturated heterocycles. The predicted molar refractivity (Wildman–Crippen MR) is 80.4 cm³/mol. The summed E-state index contributed by atoms with van der Waals surface area (Å²) in [5.74, 6) is 0.864. The third-order valence-electron chi connectivity index (χ3n) is 3.29. The van der Waals surface area contributed by atoms with Crippen molar-refractivity contribution in [1.29, 1.82) is 0 Å². The van der Waals surface area contributed by atoms with E-state index in [0.717, 1.165) is 24.3 Å². The van der Waals surface area contributed by atoms with Crippen molar-refractivity contribution in [2.45, 2.75) is 18.6 Å². The molecule has 0 aromatic carbocycles. The number of hydrogen-bond donors (Lipinski definition) is 2. The Morgan fingerprint density at radius 2 is 2.32 bits per heavy atom. The number of aromatic nitrogens is 1. The quantitative estimate of drug-likeness (QED) is 0.769. The molecular weight excluding hydrogens is 260 g/mol. The van der Waals surface area contributed by atoms with Crippen molar-refractivity contribution < 1.29 is 5.11 Å². The number of nitrogens with zero attached hydrogens (tertiary/aromatic N) is 3. The lowest BCUT2D eigenvalue weighted by atomic mass is 10.2. The first kappa shape index (κ1) is 14.2. The summed E-state index contributed by atoms with van der Waals surface area (Å²) in [6.07, 6.45) is 2.17. The Hall–Kier alpha value is -1.24. The normalized spacial score (nSPS) is 23.1. The number of aliphatic hydroxyl groups excluding tert-OH is 1. The molecule has 0 spiro atoms. The van der Waals surface area contributed by atoms with Crippen molar-refractivity contribution in [3.8, 4) is 0 Å². The summed E-state index contributed by atoms with van der Waals surface area (Å²) in [6, 6.07) is 4.07. The number of pyridine rings is 1. The van der Waals surface area contributed by atoms with Gasteiger partial charge in [-0.25, -0.2) is 4.98 Å². The first-order chi connectivity index (χ1) is 8.97. The smallest absolute Gasteiger partial charge is 0.128 e. The fourth-order valence-corrected chi connectivity index (χ4v) is 2.59. The molecule has 1 aromatic rings. The lowest BCUT2D eigenvalue weighted by Gasteiger charge is -2.27. The summed E-state index contributed by atoms with van der Waals surface area (Å²) in [7, 11) is 4.07. The molecule has 0 saturated carbocycles. The van der Waals surface area contributed by atoms with E-state index in [1.165, 1.54) is 0 Å². The third kappa shape index (κ3) is 3.40. The molecule has 2 heterocycles. The minimum absolute atomic E-state index is 0.285. The molecule has 2 atom stereocenters. The monoisotopic (exact) mass is 280 g/mol. The minimum Gasteiger partial charge on any atom is -0.391 e. The highest BCUT2D eigenvalue weighted by Crippen LogP contribution is 2.24. The van der Waals surface area contributed by atoms with Gasteiger partial charge >= 0.3 is 0 Å². The van der Waals surface area contributed by atoms with Crippen LogP contribution in [0.1, 0.15) is 12.0 Å². The molecule has 3 N–H and O–H groups in total. The molecule has 0 aliphatic carbocycles. The van der Waals surface area contributed by atoms with Crippen LogP contribution in [0.4, 0.5) is 5.82 Å². The maximum atomic E-state index is 9.86. The molecule has 1 aliphatic rings. The Morgan fingerprint density at radius 3 is 2.84 bits per heavy atom. The number of nitrogens with two attached hydrogens (primary N) is 1. The van der Waals surface area contributed by atoms with Crippen LogP contribution in [0.2, 0.25) is 0 Å². The van der Waals surface area contributed by atoms with Crippen LogP contribution in [0.5, 0.6) is 0 Å². The Morgan fingerprint density at radius 1 is 1.58 bits per heavy atom. The van der Waals surface area contributed by atoms with Crippen LogP contribution < -0.4 is 10.6 Å². The average Bonchev–Trinajstić information content (AvgIpc) is 2.69. The fraction of sp³-hybridized carbons (Fsp3) is 0.538. The predicted octanol–water partition coefficient (Wildman–Crippen LogP) is 0.217. The second kappa shape index (κ2) is 5.81. The molecule has 6 heteroatoms. The van der Waals surface area contributed by atoms with Gasteiger partial charge in [0, 0.05) is 30.9 Å². The number of hydrogen-bond acceptors (Lipinski definition) is 5. The second-order valence-corrected chi connectivity index (χ2v) is 5.67. The number of likely N-dealkylation sites (N-methyl/N-ethyl adjacent to an activating group) is 1. The van der Waals surface area contributed by atoms with E-state index in [4.69, 9.17) is 18.0 Å². The zero-order chi connectivity index (χ0) is 14.0. The number of thiocarbonyl (C=S) groups is 1. The molecule has 1 fully saturated rings. The van der Waals surface area contributed by atoms with E-state index in [0.29, 0.717) is 11.5 Å². The Balaban J connectivity index is 2.16. The minimum atomic E-state index is -0.290. The number of anilines is 1. The zero-order valence-electron chi connectivity index (χ0n) is 11.3. The van der Waals surface area contributed by atoms with Crippen LogP contribution in [0, 0.1) is 0 Å². The van der Waals surface area contributed by atoms with Gasteiger partial charge in [-0.05, 0) is 32.6 Å². The van der Waals surface area contributed by atoms with Crippen molar-refractivity contribution in [2.75, 3.05) is 32.1 Å². The third-order valence-corrected chi connectivity index (χ3v) is 3.53. The molecule has 0 bridgehead atoms. The van der Waals surface area contributed by atoms with Crippen LogP contribution in [0.3, 0.4) is 0 Å².